The molecule has 0 fully saturated rings. The number of nitrogens with zero attached hydrogens (tertiary/aromatic N) is 3. The first-order chi connectivity index (χ1) is 13.5. The summed E-state index contributed by atoms with van der Waals surface area (Å²) in [5.74, 6) is 0.943. The minimum absolute atomic E-state index is 0.276. The maximum Gasteiger partial charge on any atom is 0.250 e. The van der Waals surface area contributed by atoms with Crippen LogP contribution in [0.5, 0.6) is 0 Å². The lowest BCUT2D eigenvalue weighted by molar-refractivity contribution is -0.117. The van der Waals surface area contributed by atoms with Gasteiger partial charge in [-0.2, -0.15) is 0 Å². The van der Waals surface area contributed by atoms with Gasteiger partial charge in [-0.15, -0.1) is 10.2 Å². The lowest BCUT2D eigenvalue weighted by Crippen LogP contribution is -2.47. The van der Waals surface area contributed by atoms with Crippen LogP contribution in [0.25, 0.3) is 0 Å². The number of anilines is 2. The van der Waals surface area contributed by atoms with Crippen LogP contribution in [-0.2, 0) is 14.8 Å². The molecule has 7 nitrogen and oxygen atoms in total. The standard InChI is InChI=1S/C18H25ClN4O3S3/c1-6-15(16(24)20-17-21-22-18(28-17)27-10-11(2)3)23(29(5,25)26)13-8-7-12(4)14(19)9-13/h7-9,11,15H,6,10H2,1-5H3,(H,20,21,24)/t15-/m1/s1. The topological polar surface area (TPSA) is 92.3 Å². The number of carbonyl (C=O) groups is 1. The van der Waals surface area contributed by atoms with Crippen LogP contribution in [0.2, 0.25) is 5.02 Å². The number of halogens is 1. The zero-order valence-electron chi connectivity index (χ0n) is 17.0. The third-order valence-corrected chi connectivity index (χ3v) is 7.90. The summed E-state index contributed by atoms with van der Waals surface area (Å²) in [6.07, 6.45) is 1.35. The molecule has 0 aliphatic rings. The average Bonchev–Trinajstić information content (AvgIpc) is 3.06. The van der Waals surface area contributed by atoms with Crippen molar-refractivity contribution in [3.8, 4) is 0 Å². The quantitative estimate of drug-likeness (QED) is 0.425. The zero-order valence-corrected chi connectivity index (χ0v) is 20.2. The van der Waals surface area contributed by atoms with Crippen LogP contribution in [0.4, 0.5) is 10.8 Å². The van der Waals surface area contributed by atoms with Crippen molar-refractivity contribution in [2.24, 2.45) is 5.92 Å². The molecule has 1 aromatic carbocycles. The second-order valence-corrected chi connectivity index (χ2v) is 11.5. The van der Waals surface area contributed by atoms with Gasteiger partial charge in [-0.25, -0.2) is 8.42 Å². The van der Waals surface area contributed by atoms with E-state index in [-0.39, 0.29) is 6.42 Å². The number of amides is 1. The van der Waals surface area contributed by atoms with Crippen LogP contribution in [0.3, 0.4) is 0 Å². The largest absolute Gasteiger partial charge is 0.299 e. The molecule has 29 heavy (non-hydrogen) atoms. The summed E-state index contributed by atoms with van der Waals surface area (Å²) >= 11 is 9.02. The molecule has 0 saturated carbocycles. The number of carbonyl (C=O) groups excluding carboxylic acids is 1. The number of aromatic nitrogens is 2. The minimum Gasteiger partial charge on any atom is -0.299 e. The average molecular weight is 477 g/mol. The van der Waals surface area contributed by atoms with Crippen molar-refractivity contribution < 1.29 is 13.2 Å². The van der Waals surface area contributed by atoms with Gasteiger partial charge in [-0.05, 0) is 37.0 Å². The highest BCUT2D eigenvalue weighted by molar-refractivity contribution is 8.01. The Balaban J connectivity index is 2.25. The number of sulfonamides is 1. The van der Waals surface area contributed by atoms with Gasteiger partial charge in [-0.3, -0.25) is 14.4 Å². The lowest BCUT2D eigenvalue weighted by Gasteiger charge is -2.30. The zero-order chi connectivity index (χ0) is 21.8. The summed E-state index contributed by atoms with van der Waals surface area (Å²) in [5.41, 5.74) is 1.16. The lowest BCUT2D eigenvalue weighted by atomic mass is 10.1. The first-order valence-electron chi connectivity index (χ1n) is 9.05. The van der Waals surface area contributed by atoms with Crippen molar-refractivity contribution in [2.75, 3.05) is 21.6 Å². The van der Waals surface area contributed by atoms with Crippen LogP contribution in [0, 0.1) is 12.8 Å². The molecule has 0 unspecified atom stereocenters. The fourth-order valence-electron chi connectivity index (χ4n) is 2.52. The molecule has 11 heteroatoms. The van der Waals surface area contributed by atoms with Gasteiger partial charge in [0.1, 0.15) is 6.04 Å². The predicted molar refractivity (Wildman–Crippen MR) is 122 cm³/mol. The fourth-order valence-corrected chi connectivity index (χ4v) is 5.63. The third-order valence-electron chi connectivity index (χ3n) is 3.92. The maximum atomic E-state index is 12.9. The molecule has 0 spiro atoms. The Morgan fingerprint density at radius 2 is 2.03 bits per heavy atom. The summed E-state index contributed by atoms with van der Waals surface area (Å²) in [6.45, 7) is 7.80. The molecule has 1 heterocycles. The second-order valence-electron chi connectivity index (χ2n) is 6.98. The van der Waals surface area contributed by atoms with E-state index in [1.807, 2.05) is 6.92 Å². The summed E-state index contributed by atoms with van der Waals surface area (Å²) in [6, 6.07) is 3.98. The molecule has 1 amide bonds. The molecule has 2 rings (SSSR count). The summed E-state index contributed by atoms with van der Waals surface area (Å²) < 4.78 is 26.9. The molecule has 0 saturated heterocycles. The SMILES string of the molecule is CC[C@H](C(=O)Nc1nnc(SCC(C)C)s1)N(c1ccc(C)c(Cl)c1)S(C)(=O)=O. The normalized spacial score (nSPS) is 12.8. The predicted octanol–water partition coefficient (Wildman–Crippen LogP) is 4.43. The van der Waals surface area contributed by atoms with Crippen molar-refractivity contribution in [1.82, 2.24) is 10.2 Å². The second kappa shape index (κ2) is 10.1. The van der Waals surface area contributed by atoms with E-state index in [0.717, 1.165) is 26.2 Å². The number of nitrogens with one attached hydrogen (secondary N) is 1. The van der Waals surface area contributed by atoms with Crippen molar-refractivity contribution in [3.05, 3.63) is 28.8 Å². The Bertz CT molecular complexity index is 963. The van der Waals surface area contributed by atoms with Gasteiger partial charge in [0.2, 0.25) is 21.1 Å². The highest BCUT2D eigenvalue weighted by Crippen LogP contribution is 2.30. The van der Waals surface area contributed by atoms with E-state index in [1.54, 1.807) is 36.9 Å². The van der Waals surface area contributed by atoms with Gasteiger partial charge in [0.05, 0.1) is 11.9 Å². The molecule has 160 valence electrons. The fraction of sp³-hybridized carbons (Fsp3) is 0.500. The molecular weight excluding hydrogens is 452 g/mol. The number of hydrogen-bond acceptors (Lipinski definition) is 7. The summed E-state index contributed by atoms with van der Waals surface area (Å²) in [4.78, 5) is 12.9. The molecule has 1 N–H and O–H groups in total. The van der Waals surface area contributed by atoms with E-state index in [1.165, 1.54) is 11.3 Å². The molecule has 2 aromatic rings. The first kappa shape index (κ1) is 23.9. The Morgan fingerprint density at radius 1 is 1.34 bits per heavy atom. The third kappa shape index (κ3) is 6.56. The molecule has 0 aliphatic heterocycles. The van der Waals surface area contributed by atoms with E-state index in [9.17, 15) is 13.2 Å². The van der Waals surface area contributed by atoms with Gasteiger partial charge < -0.3 is 0 Å². The Hall–Kier alpha value is -1.36. The summed E-state index contributed by atoms with van der Waals surface area (Å²) in [7, 11) is -3.73. The highest BCUT2D eigenvalue weighted by atomic mass is 35.5. The van der Waals surface area contributed by atoms with E-state index >= 15 is 0 Å². The van der Waals surface area contributed by atoms with Gasteiger partial charge in [-0.1, -0.05) is 61.5 Å². The Kier molecular flexibility index (Phi) is 8.33. The van der Waals surface area contributed by atoms with Crippen molar-refractivity contribution in [2.45, 2.75) is 44.5 Å². The van der Waals surface area contributed by atoms with Crippen LogP contribution in [0.1, 0.15) is 32.8 Å². The number of rotatable bonds is 9. The molecule has 1 atom stereocenters. The summed E-state index contributed by atoms with van der Waals surface area (Å²) in [5, 5.41) is 11.5. The van der Waals surface area contributed by atoms with Crippen LogP contribution in [-0.4, -0.2) is 42.6 Å². The maximum absolute atomic E-state index is 12.9. The molecular formula is C18H25ClN4O3S3. The van der Waals surface area contributed by atoms with Crippen LogP contribution >= 0.6 is 34.7 Å². The molecule has 0 aliphatic carbocycles. The molecule has 0 bridgehead atoms. The molecule has 0 radical (unpaired) electrons. The Labute approximate surface area is 185 Å². The van der Waals surface area contributed by atoms with E-state index in [2.05, 4.69) is 29.4 Å². The monoisotopic (exact) mass is 476 g/mol. The van der Waals surface area contributed by atoms with Gasteiger partial charge in [0.15, 0.2) is 4.34 Å². The van der Waals surface area contributed by atoms with Crippen LogP contribution < -0.4 is 9.62 Å². The smallest absolute Gasteiger partial charge is 0.250 e. The van der Waals surface area contributed by atoms with Crippen LogP contribution in [0.15, 0.2) is 22.5 Å². The van der Waals surface area contributed by atoms with Crippen molar-refractivity contribution in [3.63, 3.8) is 0 Å². The van der Waals surface area contributed by atoms with E-state index in [0.29, 0.717) is 21.8 Å². The van der Waals surface area contributed by atoms with Crippen molar-refractivity contribution >= 4 is 61.4 Å². The van der Waals surface area contributed by atoms with Gasteiger partial charge >= 0.3 is 0 Å². The van der Waals surface area contributed by atoms with E-state index < -0.39 is 22.0 Å². The van der Waals surface area contributed by atoms with Gasteiger partial charge in [0, 0.05) is 10.8 Å². The number of benzene rings is 1. The van der Waals surface area contributed by atoms with E-state index in [4.69, 9.17) is 11.6 Å². The highest BCUT2D eigenvalue weighted by Gasteiger charge is 2.32. The number of thioether (sulfide) groups is 1. The minimum atomic E-state index is -3.73. The Morgan fingerprint density at radius 3 is 2.59 bits per heavy atom. The first-order valence-corrected chi connectivity index (χ1v) is 13.1. The van der Waals surface area contributed by atoms with Gasteiger partial charge in [0.25, 0.3) is 0 Å². The van der Waals surface area contributed by atoms with Crippen molar-refractivity contribution in [1.29, 1.82) is 0 Å². The number of hydrogen-bond donors (Lipinski definition) is 1. The molecule has 1 aromatic heterocycles. The number of aryl methyl sites for hydroxylation is 1.